The molecule has 2 aromatic carbocycles. The van der Waals surface area contributed by atoms with E-state index in [9.17, 15) is 4.79 Å². The highest BCUT2D eigenvalue weighted by Crippen LogP contribution is 2.28. The van der Waals surface area contributed by atoms with E-state index in [-0.39, 0.29) is 5.78 Å². The molecule has 1 aliphatic heterocycles. The Morgan fingerprint density at radius 2 is 1.85 bits per heavy atom. The summed E-state index contributed by atoms with van der Waals surface area (Å²) in [5.74, 6) is 1.44. The third-order valence-corrected chi connectivity index (χ3v) is 4.60. The third-order valence-electron chi connectivity index (χ3n) is 4.60. The monoisotopic (exact) mass is 348 g/mol. The number of benzene rings is 2. The van der Waals surface area contributed by atoms with Gasteiger partial charge in [-0.3, -0.25) is 4.79 Å². The van der Waals surface area contributed by atoms with Crippen LogP contribution < -0.4 is 9.64 Å². The summed E-state index contributed by atoms with van der Waals surface area (Å²) in [7, 11) is 1.64. The number of hydrogen-bond donors (Lipinski definition) is 0. The highest BCUT2D eigenvalue weighted by molar-refractivity contribution is 6.13. The highest BCUT2D eigenvalue weighted by atomic mass is 16.5. The van der Waals surface area contributed by atoms with Gasteiger partial charge < -0.3 is 14.4 Å². The maximum Gasteiger partial charge on any atom is 0.196 e. The molecule has 0 atom stereocenters. The van der Waals surface area contributed by atoms with Gasteiger partial charge in [0.25, 0.3) is 0 Å². The molecule has 2 heterocycles. The Balaban J connectivity index is 1.86. The van der Waals surface area contributed by atoms with Crippen molar-refractivity contribution >= 4 is 22.5 Å². The summed E-state index contributed by atoms with van der Waals surface area (Å²) in [6.07, 6.45) is 0. The molecule has 5 nitrogen and oxygen atoms in total. The van der Waals surface area contributed by atoms with Crippen molar-refractivity contribution in [1.82, 2.24) is 4.98 Å². The predicted molar refractivity (Wildman–Crippen MR) is 101 cm³/mol. The van der Waals surface area contributed by atoms with Gasteiger partial charge in [0.1, 0.15) is 11.6 Å². The summed E-state index contributed by atoms with van der Waals surface area (Å²) in [5, 5.41) is 0.919. The van der Waals surface area contributed by atoms with Crippen LogP contribution in [0.4, 0.5) is 5.82 Å². The summed E-state index contributed by atoms with van der Waals surface area (Å²) in [6.45, 7) is 2.71. The molecule has 0 amide bonds. The summed E-state index contributed by atoms with van der Waals surface area (Å²) in [4.78, 5) is 20.1. The predicted octanol–water partition coefficient (Wildman–Crippen LogP) is 3.31. The van der Waals surface area contributed by atoms with E-state index in [0.29, 0.717) is 30.2 Å². The number of methoxy groups -OCH3 is 1. The van der Waals surface area contributed by atoms with Crippen LogP contribution in [0.2, 0.25) is 0 Å². The van der Waals surface area contributed by atoms with E-state index in [2.05, 4.69) is 4.90 Å². The van der Waals surface area contributed by atoms with Gasteiger partial charge in [-0.2, -0.15) is 0 Å². The first kappa shape index (κ1) is 16.5. The molecule has 0 unspecified atom stereocenters. The number of nitrogens with zero attached hydrogens (tertiary/aromatic N) is 2. The zero-order valence-corrected chi connectivity index (χ0v) is 14.6. The SMILES string of the molecule is COc1ccc2cc(C(=O)c3ccccc3)c(N3CCOCC3)nc2c1. The maximum atomic E-state index is 13.2. The summed E-state index contributed by atoms with van der Waals surface area (Å²) in [5.41, 5.74) is 2.10. The number of fused-ring (bicyclic) bond motifs is 1. The first-order valence-electron chi connectivity index (χ1n) is 8.67. The van der Waals surface area contributed by atoms with Crippen LogP contribution in [0.5, 0.6) is 5.75 Å². The van der Waals surface area contributed by atoms with E-state index in [1.807, 2.05) is 54.6 Å². The first-order valence-corrected chi connectivity index (χ1v) is 8.67. The minimum absolute atomic E-state index is 0.0164. The third kappa shape index (κ3) is 3.13. The Bertz CT molecular complexity index is 935. The Morgan fingerprint density at radius 1 is 1.08 bits per heavy atom. The number of anilines is 1. The Kier molecular flexibility index (Phi) is 4.54. The molecule has 1 fully saturated rings. The molecule has 0 bridgehead atoms. The average molecular weight is 348 g/mol. The number of pyridine rings is 1. The lowest BCUT2D eigenvalue weighted by Gasteiger charge is -2.29. The van der Waals surface area contributed by atoms with Gasteiger partial charge in [-0.1, -0.05) is 30.3 Å². The quantitative estimate of drug-likeness (QED) is 0.677. The standard InChI is InChI=1S/C21H20N2O3/c1-25-17-8-7-16-13-18(20(24)15-5-3-2-4-6-15)21(22-19(16)14-17)23-9-11-26-12-10-23/h2-8,13-14H,9-12H2,1H3. The summed E-state index contributed by atoms with van der Waals surface area (Å²) < 4.78 is 10.8. The number of morpholine rings is 1. The van der Waals surface area contributed by atoms with Crippen molar-refractivity contribution in [3.05, 3.63) is 65.7 Å². The second kappa shape index (κ2) is 7.14. The molecule has 4 rings (SSSR count). The van der Waals surface area contributed by atoms with Crippen LogP contribution in [-0.4, -0.2) is 44.2 Å². The van der Waals surface area contributed by atoms with Crippen LogP contribution in [0.25, 0.3) is 10.9 Å². The molecule has 1 aliphatic rings. The van der Waals surface area contributed by atoms with Crippen LogP contribution in [0.3, 0.4) is 0 Å². The van der Waals surface area contributed by atoms with Gasteiger partial charge in [0.05, 0.1) is 31.4 Å². The fourth-order valence-corrected chi connectivity index (χ4v) is 3.19. The number of ether oxygens (including phenoxy) is 2. The number of aromatic nitrogens is 1. The van der Waals surface area contributed by atoms with Crippen molar-refractivity contribution in [3.8, 4) is 5.75 Å². The van der Waals surface area contributed by atoms with Crippen LogP contribution in [-0.2, 0) is 4.74 Å². The molecule has 0 spiro atoms. The second-order valence-electron chi connectivity index (χ2n) is 6.21. The Morgan fingerprint density at radius 3 is 2.58 bits per heavy atom. The number of carbonyl (C=O) groups is 1. The number of rotatable bonds is 4. The van der Waals surface area contributed by atoms with Crippen LogP contribution in [0.1, 0.15) is 15.9 Å². The molecule has 5 heteroatoms. The van der Waals surface area contributed by atoms with Gasteiger partial charge >= 0.3 is 0 Å². The second-order valence-corrected chi connectivity index (χ2v) is 6.21. The lowest BCUT2D eigenvalue weighted by atomic mass is 10.0. The van der Waals surface area contributed by atoms with E-state index in [1.54, 1.807) is 7.11 Å². The number of carbonyl (C=O) groups excluding carboxylic acids is 1. The van der Waals surface area contributed by atoms with Gasteiger partial charge in [-0.15, -0.1) is 0 Å². The normalized spacial score (nSPS) is 14.4. The molecule has 0 aliphatic carbocycles. The molecule has 0 saturated carbocycles. The molecular formula is C21H20N2O3. The zero-order chi connectivity index (χ0) is 17.9. The van der Waals surface area contributed by atoms with Crippen LogP contribution >= 0.6 is 0 Å². The molecule has 26 heavy (non-hydrogen) atoms. The first-order chi connectivity index (χ1) is 12.8. The minimum atomic E-state index is -0.0164. The van der Waals surface area contributed by atoms with Gasteiger partial charge in [-0.25, -0.2) is 4.98 Å². The van der Waals surface area contributed by atoms with Crippen molar-refractivity contribution in [2.75, 3.05) is 38.3 Å². The number of hydrogen-bond acceptors (Lipinski definition) is 5. The van der Waals surface area contributed by atoms with Crippen LogP contribution in [0, 0.1) is 0 Å². The molecule has 1 aromatic heterocycles. The van der Waals surface area contributed by atoms with Gasteiger partial charge in [0, 0.05) is 30.1 Å². The van der Waals surface area contributed by atoms with Crippen LogP contribution in [0.15, 0.2) is 54.6 Å². The van der Waals surface area contributed by atoms with Gasteiger partial charge in [0.2, 0.25) is 0 Å². The molecule has 132 valence electrons. The minimum Gasteiger partial charge on any atom is -0.497 e. The summed E-state index contributed by atoms with van der Waals surface area (Å²) >= 11 is 0. The topological polar surface area (TPSA) is 51.7 Å². The summed E-state index contributed by atoms with van der Waals surface area (Å²) in [6, 6.07) is 17.0. The van der Waals surface area contributed by atoms with Crippen molar-refractivity contribution in [2.24, 2.45) is 0 Å². The van der Waals surface area contributed by atoms with Crippen molar-refractivity contribution in [2.45, 2.75) is 0 Å². The fraction of sp³-hybridized carbons (Fsp3) is 0.238. The highest BCUT2D eigenvalue weighted by Gasteiger charge is 2.22. The van der Waals surface area contributed by atoms with Crippen molar-refractivity contribution in [1.29, 1.82) is 0 Å². The largest absolute Gasteiger partial charge is 0.497 e. The molecule has 0 N–H and O–H groups in total. The Labute approximate surface area is 152 Å². The van der Waals surface area contributed by atoms with Crippen molar-refractivity contribution < 1.29 is 14.3 Å². The molecule has 0 radical (unpaired) electrons. The maximum absolute atomic E-state index is 13.2. The van der Waals surface area contributed by atoms with E-state index >= 15 is 0 Å². The smallest absolute Gasteiger partial charge is 0.196 e. The Hall–Kier alpha value is -2.92. The van der Waals surface area contributed by atoms with E-state index in [4.69, 9.17) is 14.5 Å². The lowest BCUT2D eigenvalue weighted by molar-refractivity contribution is 0.103. The van der Waals surface area contributed by atoms with Gasteiger partial charge in [-0.05, 0) is 18.2 Å². The molecule has 1 saturated heterocycles. The number of ketones is 1. The lowest BCUT2D eigenvalue weighted by Crippen LogP contribution is -2.37. The van der Waals surface area contributed by atoms with Crippen molar-refractivity contribution in [3.63, 3.8) is 0 Å². The van der Waals surface area contributed by atoms with E-state index in [0.717, 1.165) is 29.7 Å². The molecule has 3 aromatic rings. The average Bonchev–Trinajstić information content (AvgIpc) is 2.73. The van der Waals surface area contributed by atoms with E-state index in [1.165, 1.54) is 0 Å². The molecular weight excluding hydrogens is 328 g/mol. The fourth-order valence-electron chi connectivity index (χ4n) is 3.19. The van der Waals surface area contributed by atoms with E-state index < -0.39 is 0 Å². The zero-order valence-electron chi connectivity index (χ0n) is 14.6. The van der Waals surface area contributed by atoms with Gasteiger partial charge in [0.15, 0.2) is 5.78 Å².